The predicted molar refractivity (Wildman–Crippen MR) is 138 cm³/mol. The molecule has 0 saturated carbocycles. The van der Waals surface area contributed by atoms with Crippen LogP contribution in [0.4, 0.5) is 0 Å². The summed E-state index contributed by atoms with van der Waals surface area (Å²) in [6.45, 7) is -0.662. The SMILES string of the molecule is COc1cc(C=CC(=O)O[C@H](C(=O)O)[C@](O)(Cc2ccc(O)cc2)C(=O)O)ccc1O[C@@H]1O[C@H](CO)[C@@H](O)[C@H](O)[C@H]1O. The number of carbonyl (C=O) groups excluding carboxylic acids is 1. The minimum atomic E-state index is -3.06. The second-order valence-corrected chi connectivity index (χ2v) is 9.29. The average molecular weight is 595 g/mol. The molecule has 1 fully saturated rings. The number of carboxylic acid groups (broad SMARTS) is 2. The van der Waals surface area contributed by atoms with E-state index in [0.29, 0.717) is 0 Å². The molecule has 15 heteroatoms. The summed E-state index contributed by atoms with van der Waals surface area (Å²) < 4.78 is 20.9. The van der Waals surface area contributed by atoms with Gasteiger partial charge in [0.05, 0.1) is 13.7 Å². The zero-order chi connectivity index (χ0) is 31.2. The van der Waals surface area contributed by atoms with Crippen molar-refractivity contribution in [2.75, 3.05) is 13.7 Å². The summed E-state index contributed by atoms with van der Waals surface area (Å²) in [4.78, 5) is 36.2. The lowest BCUT2D eigenvalue weighted by Crippen LogP contribution is -2.60. The molecule has 0 radical (unpaired) electrons. The fraction of sp³-hybridized carbons (Fsp3) is 0.370. The first-order valence-electron chi connectivity index (χ1n) is 12.3. The van der Waals surface area contributed by atoms with E-state index < -0.39 is 73.3 Å². The first-order valence-corrected chi connectivity index (χ1v) is 12.3. The van der Waals surface area contributed by atoms with Crippen LogP contribution in [0, 0.1) is 0 Å². The third-order valence-electron chi connectivity index (χ3n) is 6.36. The summed E-state index contributed by atoms with van der Waals surface area (Å²) in [6, 6.07) is 9.04. The van der Waals surface area contributed by atoms with Gasteiger partial charge in [0.1, 0.15) is 30.2 Å². The molecule has 8 N–H and O–H groups in total. The zero-order valence-electron chi connectivity index (χ0n) is 22.0. The van der Waals surface area contributed by atoms with Crippen LogP contribution >= 0.6 is 0 Å². The van der Waals surface area contributed by atoms with Crippen LogP contribution in [0.5, 0.6) is 17.2 Å². The number of ether oxygens (including phenoxy) is 4. The molecule has 3 rings (SSSR count). The number of hydrogen-bond acceptors (Lipinski definition) is 13. The van der Waals surface area contributed by atoms with E-state index >= 15 is 0 Å². The summed E-state index contributed by atoms with van der Waals surface area (Å²) in [6.07, 6.45) is -8.95. The van der Waals surface area contributed by atoms with Crippen molar-refractivity contribution in [3.8, 4) is 17.2 Å². The summed E-state index contributed by atoms with van der Waals surface area (Å²) in [5.41, 5.74) is -2.62. The molecule has 2 aromatic rings. The lowest BCUT2D eigenvalue weighted by molar-refractivity contribution is -0.277. The van der Waals surface area contributed by atoms with Gasteiger partial charge < -0.3 is 59.8 Å². The maximum absolute atomic E-state index is 12.5. The van der Waals surface area contributed by atoms with Crippen LogP contribution in [0.25, 0.3) is 6.08 Å². The molecule has 1 heterocycles. The molecule has 7 atom stereocenters. The minimum Gasteiger partial charge on any atom is -0.508 e. The van der Waals surface area contributed by atoms with E-state index in [9.17, 15) is 55.2 Å². The molecule has 228 valence electrons. The van der Waals surface area contributed by atoms with Gasteiger partial charge >= 0.3 is 17.9 Å². The molecule has 0 aliphatic carbocycles. The normalized spacial score (nSPS) is 24.4. The van der Waals surface area contributed by atoms with Crippen molar-refractivity contribution in [1.29, 1.82) is 0 Å². The number of hydrogen-bond donors (Lipinski definition) is 8. The number of carbonyl (C=O) groups is 3. The van der Waals surface area contributed by atoms with Crippen molar-refractivity contribution in [3.05, 3.63) is 59.7 Å². The number of methoxy groups -OCH3 is 1. The Kier molecular flexibility index (Phi) is 10.5. The molecular weight excluding hydrogens is 564 g/mol. The Hall–Kier alpha value is -4.25. The van der Waals surface area contributed by atoms with Crippen LogP contribution in [0.1, 0.15) is 11.1 Å². The molecule has 1 aliphatic heterocycles. The van der Waals surface area contributed by atoms with Gasteiger partial charge in [0.15, 0.2) is 11.5 Å². The topological polar surface area (TPSA) is 250 Å². The highest BCUT2D eigenvalue weighted by Crippen LogP contribution is 2.32. The third-order valence-corrected chi connectivity index (χ3v) is 6.36. The van der Waals surface area contributed by atoms with Crippen molar-refractivity contribution < 1.29 is 74.2 Å². The first kappa shape index (κ1) is 32.3. The standard InChI is InChI=1S/C27H30O15/c1-39-17-10-13(4-8-16(17)40-25-22(33)21(32)20(31)18(12-28)41-25)5-9-19(30)42-23(24(34)35)27(38,26(36)37)11-14-2-6-15(29)7-3-14/h2-10,18,20-23,25,28-29,31-33,38H,11-12H2,1H3,(H,34,35)(H,36,37)/t18-,20-,21+,22-,23-,25-,27-/m1/s1. The molecule has 0 unspecified atom stereocenters. The van der Waals surface area contributed by atoms with Crippen molar-refractivity contribution in [2.45, 2.75) is 48.8 Å². The summed E-state index contributed by atoms with van der Waals surface area (Å²) >= 11 is 0. The van der Waals surface area contributed by atoms with Crippen molar-refractivity contribution in [1.82, 2.24) is 0 Å². The molecule has 0 bridgehead atoms. The highest BCUT2D eigenvalue weighted by molar-refractivity contribution is 5.93. The quantitative estimate of drug-likeness (QED) is 0.104. The Labute approximate surface area is 238 Å². The number of rotatable bonds is 12. The second kappa shape index (κ2) is 13.6. The van der Waals surface area contributed by atoms with E-state index in [1.807, 2.05) is 0 Å². The number of phenols is 1. The van der Waals surface area contributed by atoms with Gasteiger partial charge in [0, 0.05) is 12.5 Å². The number of phenolic OH excluding ortho intramolecular Hbond substituents is 1. The maximum Gasteiger partial charge on any atom is 0.348 e. The smallest absolute Gasteiger partial charge is 0.348 e. The number of aliphatic hydroxyl groups excluding tert-OH is 4. The van der Waals surface area contributed by atoms with E-state index in [0.717, 1.165) is 6.08 Å². The van der Waals surface area contributed by atoms with Crippen LogP contribution in [0.2, 0.25) is 0 Å². The summed E-state index contributed by atoms with van der Waals surface area (Å²) in [5.74, 6) is -5.26. The monoisotopic (exact) mass is 594 g/mol. The number of benzene rings is 2. The molecule has 0 spiro atoms. The minimum absolute atomic E-state index is 0.00764. The van der Waals surface area contributed by atoms with Gasteiger partial charge in [-0.2, -0.15) is 0 Å². The lowest BCUT2D eigenvalue weighted by atomic mass is 9.88. The van der Waals surface area contributed by atoms with Crippen molar-refractivity contribution in [2.24, 2.45) is 0 Å². The molecule has 1 saturated heterocycles. The Bertz CT molecular complexity index is 1290. The summed E-state index contributed by atoms with van der Waals surface area (Å²) in [7, 11) is 1.27. The van der Waals surface area contributed by atoms with Crippen LogP contribution in [0.3, 0.4) is 0 Å². The number of aliphatic carboxylic acids is 2. The fourth-order valence-corrected chi connectivity index (χ4v) is 4.05. The molecule has 1 aliphatic rings. The van der Waals surface area contributed by atoms with E-state index in [-0.39, 0.29) is 28.4 Å². The highest BCUT2D eigenvalue weighted by Gasteiger charge is 2.51. The molecule has 15 nitrogen and oxygen atoms in total. The zero-order valence-corrected chi connectivity index (χ0v) is 22.0. The van der Waals surface area contributed by atoms with E-state index in [2.05, 4.69) is 0 Å². The van der Waals surface area contributed by atoms with E-state index in [4.69, 9.17) is 18.9 Å². The van der Waals surface area contributed by atoms with Crippen LogP contribution < -0.4 is 9.47 Å². The number of carboxylic acids is 2. The van der Waals surface area contributed by atoms with Gasteiger partial charge in [0.25, 0.3) is 0 Å². The molecule has 0 amide bonds. The average Bonchev–Trinajstić information content (AvgIpc) is 2.96. The molecule has 2 aromatic carbocycles. The Morgan fingerprint density at radius 2 is 1.67 bits per heavy atom. The number of aliphatic hydroxyl groups is 5. The highest BCUT2D eigenvalue weighted by atomic mass is 16.7. The molecule has 42 heavy (non-hydrogen) atoms. The van der Waals surface area contributed by atoms with Crippen LogP contribution in [-0.2, 0) is 30.3 Å². The van der Waals surface area contributed by atoms with E-state index in [1.165, 1.54) is 55.7 Å². The van der Waals surface area contributed by atoms with Crippen molar-refractivity contribution in [3.63, 3.8) is 0 Å². The maximum atomic E-state index is 12.5. The van der Waals surface area contributed by atoms with E-state index in [1.54, 1.807) is 0 Å². The predicted octanol–water partition coefficient (Wildman–Crippen LogP) is -1.35. The summed E-state index contributed by atoms with van der Waals surface area (Å²) in [5, 5.41) is 78.7. The van der Waals surface area contributed by atoms with Gasteiger partial charge in [-0.25, -0.2) is 14.4 Å². The number of esters is 1. The van der Waals surface area contributed by atoms with Crippen LogP contribution in [-0.4, -0.2) is 115 Å². The van der Waals surface area contributed by atoms with Gasteiger partial charge in [-0.1, -0.05) is 18.2 Å². The lowest BCUT2D eigenvalue weighted by Gasteiger charge is -2.39. The van der Waals surface area contributed by atoms with Gasteiger partial charge in [0.2, 0.25) is 18.0 Å². The number of aromatic hydroxyl groups is 1. The van der Waals surface area contributed by atoms with Crippen molar-refractivity contribution >= 4 is 24.0 Å². The fourth-order valence-electron chi connectivity index (χ4n) is 4.05. The molecule has 0 aromatic heterocycles. The molecular formula is C27H30O15. The van der Waals surface area contributed by atoms with Crippen LogP contribution in [0.15, 0.2) is 48.5 Å². The second-order valence-electron chi connectivity index (χ2n) is 9.29. The van der Waals surface area contributed by atoms with Gasteiger partial charge in [-0.05, 0) is 41.5 Å². The Morgan fingerprint density at radius 1 is 1.00 bits per heavy atom. The van der Waals surface area contributed by atoms with Gasteiger partial charge in [-0.15, -0.1) is 0 Å². The largest absolute Gasteiger partial charge is 0.508 e. The Balaban J connectivity index is 1.75. The first-order chi connectivity index (χ1) is 19.8. The third kappa shape index (κ3) is 7.33. The Morgan fingerprint density at radius 3 is 2.24 bits per heavy atom. The van der Waals surface area contributed by atoms with Gasteiger partial charge in [-0.3, -0.25) is 0 Å².